The Labute approximate surface area is 76.2 Å². The Morgan fingerprint density at radius 2 is 2.17 bits per heavy atom. The van der Waals surface area contributed by atoms with Crippen LogP contribution in [0.15, 0.2) is 0 Å². The summed E-state index contributed by atoms with van der Waals surface area (Å²) >= 11 is -1.90. The van der Waals surface area contributed by atoms with Crippen molar-refractivity contribution in [2.24, 2.45) is 0 Å². The fraction of sp³-hybridized carbons (Fsp3) is 1.00. The smallest absolute Gasteiger partial charge is 0.0589 e. The van der Waals surface area contributed by atoms with Crippen molar-refractivity contribution in [3.63, 3.8) is 0 Å². The monoisotopic (exact) mass is 194 g/mol. The molecular weight excluding hydrogens is 178 g/mol. The first kappa shape index (κ1) is 12.0. The van der Waals surface area contributed by atoms with Gasteiger partial charge in [-0.15, -0.1) is 0 Å². The summed E-state index contributed by atoms with van der Waals surface area (Å²) in [5, 5.41) is 0. The minimum absolute atomic E-state index is 0.247. The summed E-state index contributed by atoms with van der Waals surface area (Å²) in [7, 11) is 3.60. The first-order chi connectivity index (χ1) is 5.66. The van der Waals surface area contributed by atoms with Gasteiger partial charge in [0.05, 0.1) is 6.61 Å². The standard InChI is InChI=1S/C7H17NO3S/c1-8(5-6-11-2)4-3-7-12(9)10/h3-7H2,1-2H3,(H,9,10)/p-1. The predicted molar refractivity (Wildman–Crippen MR) is 47.8 cm³/mol. The van der Waals surface area contributed by atoms with E-state index >= 15 is 0 Å². The lowest BCUT2D eigenvalue weighted by Gasteiger charge is -2.15. The van der Waals surface area contributed by atoms with Gasteiger partial charge >= 0.3 is 0 Å². The van der Waals surface area contributed by atoms with Crippen molar-refractivity contribution >= 4 is 11.1 Å². The van der Waals surface area contributed by atoms with Gasteiger partial charge in [-0.05, 0) is 20.0 Å². The highest BCUT2D eigenvalue weighted by Gasteiger charge is 1.96. The van der Waals surface area contributed by atoms with Crippen LogP contribution in [0.2, 0.25) is 0 Å². The van der Waals surface area contributed by atoms with Crippen LogP contribution in [0.4, 0.5) is 0 Å². The fourth-order valence-electron chi connectivity index (χ4n) is 0.811. The average Bonchev–Trinajstić information content (AvgIpc) is 2.00. The second kappa shape index (κ2) is 7.67. The van der Waals surface area contributed by atoms with Crippen molar-refractivity contribution in [1.82, 2.24) is 4.90 Å². The largest absolute Gasteiger partial charge is 0.772 e. The molecule has 0 bridgehead atoms. The van der Waals surface area contributed by atoms with Gasteiger partial charge in [-0.25, -0.2) is 0 Å². The Morgan fingerprint density at radius 1 is 1.50 bits per heavy atom. The third-order valence-corrected chi connectivity index (χ3v) is 2.15. The lowest BCUT2D eigenvalue weighted by molar-refractivity contribution is 0.161. The third kappa shape index (κ3) is 8.13. The maximum absolute atomic E-state index is 10.2. The molecule has 0 aliphatic heterocycles. The van der Waals surface area contributed by atoms with Gasteiger partial charge in [0.15, 0.2) is 0 Å². The number of likely N-dealkylation sites (N-methyl/N-ethyl adjacent to an activating group) is 1. The normalized spacial score (nSPS) is 13.7. The highest BCUT2D eigenvalue weighted by atomic mass is 32.2. The number of rotatable bonds is 7. The molecule has 0 rings (SSSR count). The van der Waals surface area contributed by atoms with Crippen LogP contribution in [-0.2, 0) is 15.8 Å². The van der Waals surface area contributed by atoms with E-state index in [0.717, 1.165) is 13.1 Å². The molecule has 4 nitrogen and oxygen atoms in total. The highest BCUT2D eigenvalue weighted by Crippen LogP contribution is 1.89. The second-order valence-electron chi connectivity index (χ2n) is 2.66. The lowest BCUT2D eigenvalue weighted by Crippen LogP contribution is -2.24. The number of hydrogen-bond acceptors (Lipinski definition) is 4. The van der Waals surface area contributed by atoms with E-state index in [2.05, 4.69) is 4.90 Å². The molecule has 0 aromatic rings. The quantitative estimate of drug-likeness (QED) is 0.528. The van der Waals surface area contributed by atoms with Gasteiger partial charge < -0.3 is 14.2 Å². The van der Waals surface area contributed by atoms with Crippen LogP contribution in [0, 0.1) is 0 Å². The molecule has 0 aromatic heterocycles. The van der Waals surface area contributed by atoms with Crippen molar-refractivity contribution in [3.8, 4) is 0 Å². The maximum Gasteiger partial charge on any atom is 0.0589 e. The molecule has 0 amide bonds. The molecule has 12 heavy (non-hydrogen) atoms. The fourth-order valence-corrected chi connectivity index (χ4v) is 1.18. The molecule has 0 spiro atoms. The number of methoxy groups -OCH3 is 1. The van der Waals surface area contributed by atoms with Gasteiger partial charge in [-0.3, -0.25) is 4.21 Å². The molecule has 0 aliphatic rings. The van der Waals surface area contributed by atoms with E-state index in [1.54, 1.807) is 7.11 Å². The minimum atomic E-state index is -1.90. The van der Waals surface area contributed by atoms with Gasteiger partial charge in [0.1, 0.15) is 0 Å². The zero-order valence-corrected chi connectivity index (χ0v) is 8.43. The Hall–Kier alpha value is 0.0300. The molecule has 0 N–H and O–H groups in total. The van der Waals surface area contributed by atoms with E-state index in [1.165, 1.54) is 0 Å². The molecular formula is C7H16NO3S-. The van der Waals surface area contributed by atoms with Gasteiger partial charge in [-0.1, -0.05) is 11.1 Å². The van der Waals surface area contributed by atoms with Crippen molar-refractivity contribution < 1.29 is 13.5 Å². The molecule has 0 fully saturated rings. The summed E-state index contributed by atoms with van der Waals surface area (Å²) in [6.45, 7) is 2.34. The first-order valence-corrected chi connectivity index (χ1v) is 5.14. The van der Waals surface area contributed by atoms with Gasteiger partial charge in [0, 0.05) is 19.4 Å². The zero-order valence-electron chi connectivity index (χ0n) is 7.62. The molecule has 1 unspecified atom stereocenters. The van der Waals surface area contributed by atoms with Crippen molar-refractivity contribution in [2.45, 2.75) is 6.42 Å². The molecule has 5 heteroatoms. The summed E-state index contributed by atoms with van der Waals surface area (Å²) in [5.74, 6) is 0.247. The van der Waals surface area contributed by atoms with E-state index < -0.39 is 11.1 Å². The molecule has 0 aromatic carbocycles. The number of nitrogens with zero attached hydrogens (tertiary/aromatic N) is 1. The Morgan fingerprint density at radius 3 is 2.67 bits per heavy atom. The average molecular weight is 194 g/mol. The summed E-state index contributed by atoms with van der Waals surface area (Å²) in [5.41, 5.74) is 0. The highest BCUT2D eigenvalue weighted by molar-refractivity contribution is 7.79. The number of hydrogen-bond donors (Lipinski definition) is 0. The molecule has 0 saturated heterocycles. The van der Waals surface area contributed by atoms with E-state index in [0.29, 0.717) is 13.0 Å². The van der Waals surface area contributed by atoms with E-state index in [-0.39, 0.29) is 5.75 Å². The van der Waals surface area contributed by atoms with Crippen LogP contribution >= 0.6 is 0 Å². The van der Waals surface area contributed by atoms with Crippen LogP contribution in [0.3, 0.4) is 0 Å². The topological polar surface area (TPSA) is 52.6 Å². The van der Waals surface area contributed by atoms with Crippen LogP contribution < -0.4 is 0 Å². The molecule has 0 radical (unpaired) electrons. The summed E-state index contributed by atoms with van der Waals surface area (Å²) in [6, 6.07) is 0. The van der Waals surface area contributed by atoms with Crippen LogP contribution in [0.1, 0.15) is 6.42 Å². The maximum atomic E-state index is 10.2. The SMILES string of the molecule is COCCN(C)CCCS(=O)[O-]. The Kier molecular flexibility index (Phi) is 7.69. The second-order valence-corrected chi connectivity index (χ2v) is 3.67. The summed E-state index contributed by atoms with van der Waals surface area (Å²) in [4.78, 5) is 2.05. The molecule has 0 heterocycles. The summed E-state index contributed by atoms with van der Waals surface area (Å²) < 4.78 is 25.2. The number of ether oxygens (including phenoxy) is 1. The predicted octanol–water partition coefficient (Wildman–Crippen LogP) is -0.166. The van der Waals surface area contributed by atoms with E-state index in [4.69, 9.17) is 4.74 Å². The van der Waals surface area contributed by atoms with Gasteiger partial charge in [-0.2, -0.15) is 0 Å². The van der Waals surface area contributed by atoms with Crippen molar-refractivity contribution in [2.75, 3.05) is 39.6 Å². The van der Waals surface area contributed by atoms with Crippen LogP contribution in [-0.4, -0.2) is 53.3 Å². The Bertz CT molecular complexity index is 132. The van der Waals surface area contributed by atoms with Crippen LogP contribution in [0.25, 0.3) is 0 Å². The summed E-state index contributed by atoms with van der Waals surface area (Å²) in [6.07, 6.45) is 0.691. The van der Waals surface area contributed by atoms with E-state index in [1.807, 2.05) is 7.05 Å². The van der Waals surface area contributed by atoms with Crippen molar-refractivity contribution in [1.29, 1.82) is 0 Å². The van der Waals surface area contributed by atoms with Crippen molar-refractivity contribution in [3.05, 3.63) is 0 Å². The molecule has 0 aliphatic carbocycles. The van der Waals surface area contributed by atoms with Gasteiger partial charge in [0.2, 0.25) is 0 Å². The Balaban J connectivity index is 3.19. The molecule has 0 saturated carbocycles. The zero-order chi connectivity index (χ0) is 9.40. The molecule has 1 atom stereocenters. The third-order valence-electron chi connectivity index (χ3n) is 1.53. The van der Waals surface area contributed by atoms with Crippen LogP contribution in [0.5, 0.6) is 0 Å². The van der Waals surface area contributed by atoms with Gasteiger partial charge in [0.25, 0.3) is 0 Å². The lowest BCUT2D eigenvalue weighted by atomic mass is 10.4. The molecule has 74 valence electrons. The van der Waals surface area contributed by atoms with E-state index in [9.17, 15) is 8.76 Å². The minimum Gasteiger partial charge on any atom is -0.772 e. The first-order valence-electron chi connectivity index (χ1n) is 3.90.